The van der Waals surface area contributed by atoms with Crippen LogP contribution in [0.4, 0.5) is 0 Å². The summed E-state index contributed by atoms with van der Waals surface area (Å²) in [7, 11) is 0. The highest BCUT2D eigenvalue weighted by Crippen LogP contribution is 1.99. The first-order chi connectivity index (χ1) is 10.2. The molecule has 0 saturated carbocycles. The third-order valence-corrected chi connectivity index (χ3v) is 1.78. The van der Waals surface area contributed by atoms with E-state index in [9.17, 15) is 14.4 Å². The van der Waals surface area contributed by atoms with Crippen molar-refractivity contribution in [3.05, 3.63) is 12.2 Å². The first kappa shape index (κ1) is 22.1. The van der Waals surface area contributed by atoms with Crippen LogP contribution in [0.25, 0.3) is 0 Å². The number of esters is 3. The van der Waals surface area contributed by atoms with E-state index in [1.165, 1.54) is 6.92 Å². The van der Waals surface area contributed by atoms with Gasteiger partial charge in [0.05, 0.1) is 19.4 Å². The highest BCUT2D eigenvalue weighted by Gasteiger charge is 2.13. The number of ether oxygens (including phenoxy) is 3. The predicted molar refractivity (Wildman–Crippen MR) is 75.9 cm³/mol. The Morgan fingerprint density at radius 3 is 1.95 bits per heavy atom. The van der Waals surface area contributed by atoms with Crippen LogP contribution in [-0.2, 0) is 33.4 Å². The number of hydrogen-bond acceptors (Lipinski definition) is 7. The summed E-state index contributed by atoms with van der Waals surface area (Å²) >= 11 is 0. The minimum Gasteiger partial charge on any atom is -0.481 e. The molecule has 0 unspecified atom stereocenters. The molecule has 0 fully saturated rings. The molecule has 8 heteroatoms. The van der Waals surface area contributed by atoms with Crippen molar-refractivity contribution < 1.29 is 38.5 Å². The third kappa shape index (κ3) is 17.8. The molecular formula is C14H22O8. The smallest absolute Gasteiger partial charge is 0.340 e. The van der Waals surface area contributed by atoms with E-state index in [0.717, 1.165) is 6.92 Å². The molecule has 22 heavy (non-hydrogen) atoms. The van der Waals surface area contributed by atoms with Crippen LogP contribution in [-0.4, -0.2) is 48.8 Å². The fourth-order valence-electron chi connectivity index (χ4n) is 0.877. The Morgan fingerprint density at radius 2 is 1.50 bits per heavy atom. The molecule has 0 aliphatic heterocycles. The zero-order valence-corrected chi connectivity index (χ0v) is 13.0. The lowest BCUT2D eigenvalue weighted by molar-refractivity contribution is -0.159. The lowest BCUT2D eigenvalue weighted by Gasteiger charge is -2.04. The summed E-state index contributed by atoms with van der Waals surface area (Å²) in [5, 5.41) is 7.42. The summed E-state index contributed by atoms with van der Waals surface area (Å²) in [4.78, 5) is 42.2. The van der Waals surface area contributed by atoms with Crippen LogP contribution in [0.5, 0.6) is 0 Å². The van der Waals surface area contributed by atoms with Gasteiger partial charge in [0.2, 0.25) is 0 Å². The van der Waals surface area contributed by atoms with Gasteiger partial charge < -0.3 is 19.3 Å². The zero-order chi connectivity index (χ0) is 17.5. The SMILES string of the molecule is C=C(C)C(=O)OC(=O)CCC(=O)OCCOCC.CC(=O)O. The summed E-state index contributed by atoms with van der Waals surface area (Å²) in [5.41, 5.74) is 0.127. The minimum absolute atomic E-state index is 0.127. The van der Waals surface area contributed by atoms with Gasteiger partial charge in [-0.15, -0.1) is 0 Å². The van der Waals surface area contributed by atoms with E-state index in [1.807, 2.05) is 6.92 Å². The summed E-state index contributed by atoms with van der Waals surface area (Å²) in [6, 6.07) is 0. The normalized spacial score (nSPS) is 9.05. The van der Waals surface area contributed by atoms with Crippen LogP contribution >= 0.6 is 0 Å². The molecule has 0 bridgehead atoms. The van der Waals surface area contributed by atoms with Crippen LogP contribution in [0.15, 0.2) is 12.2 Å². The molecule has 0 heterocycles. The van der Waals surface area contributed by atoms with Crippen molar-refractivity contribution in [1.82, 2.24) is 0 Å². The maximum Gasteiger partial charge on any atom is 0.340 e. The molecule has 0 aromatic rings. The molecule has 0 atom stereocenters. The molecule has 1 N–H and O–H groups in total. The Balaban J connectivity index is 0. The Kier molecular flexibility index (Phi) is 13.8. The van der Waals surface area contributed by atoms with Crippen LogP contribution in [0.2, 0.25) is 0 Å². The molecule has 0 aliphatic rings. The van der Waals surface area contributed by atoms with E-state index in [4.69, 9.17) is 19.4 Å². The third-order valence-electron chi connectivity index (χ3n) is 1.78. The van der Waals surface area contributed by atoms with Crippen LogP contribution in [0.3, 0.4) is 0 Å². The molecule has 0 rings (SSSR count). The molecule has 0 aliphatic carbocycles. The average molecular weight is 318 g/mol. The molecule has 126 valence electrons. The van der Waals surface area contributed by atoms with Gasteiger partial charge in [-0.2, -0.15) is 0 Å². The fraction of sp³-hybridized carbons (Fsp3) is 0.571. The van der Waals surface area contributed by atoms with Crippen LogP contribution in [0, 0.1) is 0 Å². The number of carbonyl (C=O) groups is 4. The second-order valence-corrected chi connectivity index (χ2v) is 3.98. The van der Waals surface area contributed by atoms with Gasteiger partial charge in [0.1, 0.15) is 6.61 Å². The van der Waals surface area contributed by atoms with Crippen molar-refractivity contribution >= 4 is 23.9 Å². The number of rotatable bonds is 8. The highest BCUT2D eigenvalue weighted by molar-refractivity contribution is 5.95. The summed E-state index contributed by atoms with van der Waals surface area (Å²) in [6.45, 7) is 8.68. The van der Waals surface area contributed by atoms with Gasteiger partial charge in [0.15, 0.2) is 0 Å². The Labute approximate surface area is 129 Å². The molecule has 8 nitrogen and oxygen atoms in total. The number of carboxylic acids is 1. The van der Waals surface area contributed by atoms with Gasteiger partial charge in [0, 0.05) is 19.1 Å². The maximum absolute atomic E-state index is 11.1. The van der Waals surface area contributed by atoms with Gasteiger partial charge in [0.25, 0.3) is 5.97 Å². The van der Waals surface area contributed by atoms with Crippen molar-refractivity contribution in [3.8, 4) is 0 Å². The van der Waals surface area contributed by atoms with Crippen molar-refractivity contribution in [2.75, 3.05) is 19.8 Å². The summed E-state index contributed by atoms with van der Waals surface area (Å²) in [5.74, 6) is -2.93. The van der Waals surface area contributed by atoms with Gasteiger partial charge >= 0.3 is 17.9 Å². The number of aliphatic carboxylic acids is 1. The number of carbonyl (C=O) groups excluding carboxylic acids is 3. The topological polar surface area (TPSA) is 116 Å². The van der Waals surface area contributed by atoms with Crippen molar-refractivity contribution in [3.63, 3.8) is 0 Å². The van der Waals surface area contributed by atoms with Crippen LogP contribution < -0.4 is 0 Å². The van der Waals surface area contributed by atoms with E-state index in [1.54, 1.807) is 0 Å². The second kappa shape index (κ2) is 13.7. The van der Waals surface area contributed by atoms with E-state index >= 15 is 0 Å². The van der Waals surface area contributed by atoms with Gasteiger partial charge in [-0.05, 0) is 13.8 Å². The van der Waals surface area contributed by atoms with Crippen molar-refractivity contribution in [2.24, 2.45) is 0 Å². The lowest BCUT2D eigenvalue weighted by atomic mass is 10.3. The van der Waals surface area contributed by atoms with Crippen molar-refractivity contribution in [1.29, 1.82) is 0 Å². The largest absolute Gasteiger partial charge is 0.481 e. The second-order valence-electron chi connectivity index (χ2n) is 3.98. The quantitative estimate of drug-likeness (QED) is 0.306. The fourth-order valence-corrected chi connectivity index (χ4v) is 0.877. The van der Waals surface area contributed by atoms with Crippen LogP contribution in [0.1, 0.15) is 33.6 Å². The molecule has 0 aromatic heterocycles. The predicted octanol–water partition coefficient (Wildman–Crippen LogP) is 1.08. The van der Waals surface area contributed by atoms with Gasteiger partial charge in [-0.3, -0.25) is 14.4 Å². The Hall–Kier alpha value is -2.22. The molecule has 0 aromatic carbocycles. The maximum atomic E-state index is 11.1. The summed E-state index contributed by atoms with van der Waals surface area (Å²) < 4.78 is 14.1. The van der Waals surface area contributed by atoms with E-state index < -0.39 is 23.9 Å². The monoisotopic (exact) mass is 318 g/mol. The average Bonchev–Trinajstić information content (AvgIpc) is 2.40. The lowest BCUT2D eigenvalue weighted by Crippen LogP contribution is -2.16. The number of hydrogen-bond donors (Lipinski definition) is 1. The molecule has 0 radical (unpaired) electrons. The first-order valence-corrected chi connectivity index (χ1v) is 6.54. The van der Waals surface area contributed by atoms with E-state index in [2.05, 4.69) is 11.3 Å². The standard InChI is InChI=1S/C12H18O6.C2H4O2/c1-4-16-7-8-17-10(13)5-6-11(14)18-12(15)9(2)3;1-2(3)4/h2,4-8H2,1,3H3;1H3,(H,3,4). The zero-order valence-electron chi connectivity index (χ0n) is 13.0. The molecule has 0 saturated heterocycles. The Bertz CT molecular complexity index is 396. The van der Waals surface area contributed by atoms with Crippen molar-refractivity contribution in [2.45, 2.75) is 33.6 Å². The molecule has 0 amide bonds. The first-order valence-electron chi connectivity index (χ1n) is 6.54. The minimum atomic E-state index is -0.833. The van der Waals surface area contributed by atoms with E-state index in [-0.39, 0.29) is 25.0 Å². The van der Waals surface area contributed by atoms with Gasteiger partial charge in [-0.25, -0.2) is 4.79 Å². The molecular weight excluding hydrogens is 296 g/mol. The number of carboxylic acid groups (broad SMARTS) is 1. The summed E-state index contributed by atoms with van der Waals surface area (Å²) in [6.07, 6.45) is -0.332. The van der Waals surface area contributed by atoms with Gasteiger partial charge in [-0.1, -0.05) is 6.58 Å². The highest BCUT2D eigenvalue weighted by atomic mass is 16.6. The van der Waals surface area contributed by atoms with E-state index in [0.29, 0.717) is 13.2 Å². The Morgan fingerprint density at radius 1 is 1.00 bits per heavy atom. The molecule has 0 spiro atoms.